The van der Waals surface area contributed by atoms with E-state index in [1.807, 2.05) is 24.4 Å². The van der Waals surface area contributed by atoms with Crippen LogP contribution in [-0.4, -0.2) is 19.1 Å². The molecule has 0 aliphatic carbocycles. The van der Waals surface area contributed by atoms with Gasteiger partial charge in [0, 0.05) is 38.8 Å². The summed E-state index contributed by atoms with van der Waals surface area (Å²) in [6, 6.07) is 45.2. The van der Waals surface area contributed by atoms with E-state index in [0.29, 0.717) is 5.95 Å². The molecule has 3 aromatic heterocycles. The van der Waals surface area contributed by atoms with Gasteiger partial charge in [-0.2, -0.15) is 0 Å². The minimum absolute atomic E-state index is 0.686. The first-order chi connectivity index (χ1) is 19.8. The molecule has 9 aromatic rings. The molecule has 40 heavy (non-hydrogen) atoms. The molecule has 0 aliphatic rings. The summed E-state index contributed by atoms with van der Waals surface area (Å²) in [6.45, 7) is 0. The van der Waals surface area contributed by atoms with Crippen molar-refractivity contribution >= 4 is 65.3 Å². The summed E-state index contributed by atoms with van der Waals surface area (Å²) in [5, 5.41) is 8.41. The Bertz CT molecular complexity index is 2430. The predicted molar refractivity (Wildman–Crippen MR) is 166 cm³/mol. The Morgan fingerprint density at radius 1 is 0.450 bits per heavy atom. The lowest BCUT2D eigenvalue weighted by molar-refractivity contribution is 1.01. The molecule has 0 amide bonds. The van der Waals surface area contributed by atoms with Crippen molar-refractivity contribution in [1.82, 2.24) is 19.1 Å². The van der Waals surface area contributed by atoms with Crippen molar-refractivity contribution in [2.45, 2.75) is 0 Å². The van der Waals surface area contributed by atoms with E-state index in [4.69, 9.17) is 9.97 Å². The largest absolute Gasteiger partial charge is 0.309 e. The predicted octanol–water partition coefficient (Wildman–Crippen LogP) is 8.98. The third-order valence-electron chi connectivity index (χ3n) is 8.14. The third kappa shape index (κ3) is 2.90. The molecule has 0 N–H and O–H groups in total. The number of hydrogen-bond donors (Lipinski definition) is 0. The summed E-state index contributed by atoms with van der Waals surface area (Å²) in [6.07, 6.45) is 1.92. The van der Waals surface area contributed by atoms with Crippen LogP contribution in [0.1, 0.15) is 0 Å². The smallest absolute Gasteiger partial charge is 0.235 e. The molecule has 3 heterocycles. The molecule has 0 aliphatic heterocycles. The third-order valence-corrected chi connectivity index (χ3v) is 8.14. The lowest BCUT2D eigenvalue weighted by Crippen LogP contribution is -2.00. The van der Waals surface area contributed by atoms with Crippen LogP contribution in [0, 0.1) is 0 Å². The van der Waals surface area contributed by atoms with Gasteiger partial charge in [-0.3, -0.25) is 4.57 Å². The summed E-state index contributed by atoms with van der Waals surface area (Å²) < 4.78 is 4.58. The van der Waals surface area contributed by atoms with E-state index in [9.17, 15) is 0 Å². The number of hydrogen-bond acceptors (Lipinski definition) is 2. The maximum absolute atomic E-state index is 4.97. The fourth-order valence-electron chi connectivity index (χ4n) is 6.40. The van der Waals surface area contributed by atoms with Crippen LogP contribution in [0.15, 0.2) is 134 Å². The van der Waals surface area contributed by atoms with E-state index < -0.39 is 0 Å². The van der Waals surface area contributed by atoms with Gasteiger partial charge < -0.3 is 4.57 Å². The fourth-order valence-corrected chi connectivity index (χ4v) is 6.40. The van der Waals surface area contributed by atoms with Crippen LogP contribution in [0.4, 0.5) is 0 Å². The Balaban J connectivity index is 1.42. The second-order valence-corrected chi connectivity index (χ2v) is 10.3. The summed E-state index contributed by atoms with van der Waals surface area (Å²) in [5.74, 6) is 0.686. The van der Waals surface area contributed by atoms with Gasteiger partial charge in [-0.15, -0.1) is 0 Å². The van der Waals surface area contributed by atoms with E-state index >= 15 is 0 Å². The average molecular weight is 511 g/mol. The number of aromatic nitrogens is 4. The van der Waals surface area contributed by atoms with Crippen LogP contribution in [0.5, 0.6) is 0 Å². The van der Waals surface area contributed by atoms with Crippen LogP contribution < -0.4 is 0 Å². The summed E-state index contributed by atoms with van der Waals surface area (Å²) in [4.78, 5) is 9.78. The highest BCUT2D eigenvalue weighted by Crippen LogP contribution is 2.40. The molecule has 0 unspecified atom stereocenters. The first-order valence-electron chi connectivity index (χ1n) is 13.5. The molecule has 4 nitrogen and oxygen atoms in total. The summed E-state index contributed by atoms with van der Waals surface area (Å²) >= 11 is 0. The van der Waals surface area contributed by atoms with E-state index in [0.717, 1.165) is 21.9 Å². The number of nitrogens with zero attached hydrogens (tertiary/aromatic N) is 4. The van der Waals surface area contributed by atoms with Crippen LogP contribution in [-0.2, 0) is 0 Å². The van der Waals surface area contributed by atoms with Crippen LogP contribution in [0.3, 0.4) is 0 Å². The zero-order chi connectivity index (χ0) is 26.2. The molecule has 9 rings (SSSR count). The molecule has 0 radical (unpaired) electrons. The maximum atomic E-state index is 4.97. The van der Waals surface area contributed by atoms with Gasteiger partial charge in [-0.05, 0) is 59.3 Å². The number of benzene rings is 6. The van der Waals surface area contributed by atoms with Gasteiger partial charge in [0.1, 0.15) is 0 Å². The van der Waals surface area contributed by atoms with Crippen molar-refractivity contribution in [1.29, 1.82) is 0 Å². The van der Waals surface area contributed by atoms with Crippen molar-refractivity contribution in [2.24, 2.45) is 0 Å². The van der Waals surface area contributed by atoms with Crippen LogP contribution in [0.2, 0.25) is 0 Å². The number of fused-ring (bicyclic) bond motifs is 9. The Labute approximate surface area is 229 Å². The van der Waals surface area contributed by atoms with Gasteiger partial charge in [0.05, 0.1) is 27.6 Å². The lowest BCUT2D eigenvalue weighted by Gasteiger charge is -2.09. The Morgan fingerprint density at radius 2 is 1.18 bits per heavy atom. The van der Waals surface area contributed by atoms with Gasteiger partial charge in [0.15, 0.2) is 0 Å². The zero-order valence-electron chi connectivity index (χ0n) is 21.5. The Morgan fingerprint density at radius 3 is 2.05 bits per heavy atom. The first kappa shape index (κ1) is 21.5. The topological polar surface area (TPSA) is 35.6 Å². The van der Waals surface area contributed by atoms with E-state index in [-0.39, 0.29) is 0 Å². The standard InChI is InChI=1S/C36H22N4/c1-2-11-25(12-3-1)39-31-16-8-5-13-26(31)29-21-28-23(20-34(29)39)18-19-33-35(28)27-14-6-9-17-32(27)40(33)36-37-22-24-10-4-7-15-30(24)38-36/h1-22H. The fraction of sp³-hybridized carbons (Fsp3) is 0. The van der Waals surface area contributed by atoms with Gasteiger partial charge in [-0.25, -0.2) is 9.97 Å². The average Bonchev–Trinajstić information content (AvgIpc) is 3.53. The van der Waals surface area contributed by atoms with Gasteiger partial charge in [0.25, 0.3) is 0 Å². The summed E-state index contributed by atoms with van der Waals surface area (Å²) in [5.41, 5.74) is 6.74. The molecule has 186 valence electrons. The van der Waals surface area contributed by atoms with Gasteiger partial charge in [0.2, 0.25) is 5.95 Å². The molecule has 4 heteroatoms. The quantitative estimate of drug-likeness (QED) is 0.233. The molecule has 0 spiro atoms. The lowest BCUT2D eigenvalue weighted by atomic mass is 10.0. The van der Waals surface area contributed by atoms with Crippen molar-refractivity contribution in [2.75, 3.05) is 0 Å². The molecule has 6 aromatic carbocycles. The highest BCUT2D eigenvalue weighted by molar-refractivity contribution is 6.25. The first-order valence-corrected chi connectivity index (χ1v) is 13.5. The Kier molecular flexibility index (Phi) is 4.30. The van der Waals surface area contributed by atoms with E-state index in [1.54, 1.807) is 0 Å². The highest BCUT2D eigenvalue weighted by Gasteiger charge is 2.19. The van der Waals surface area contributed by atoms with Crippen molar-refractivity contribution in [3.05, 3.63) is 134 Å². The van der Waals surface area contributed by atoms with Crippen molar-refractivity contribution in [3.63, 3.8) is 0 Å². The molecule has 0 fully saturated rings. The van der Waals surface area contributed by atoms with Crippen molar-refractivity contribution in [3.8, 4) is 11.6 Å². The number of para-hydroxylation sites is 4. The normalized spacial score (nSPS) is 12.0. The molecule has 0 saturated carbocycles. The maximum Gasteiger partial charge on any atom is 0.235 e. The zero-order valence-corrected chi connectivity index (χ0v) is 21.5. The number of rotatable bonds is 2. The van der Waals surface area contributed by atoms with Crippen LogP contribution >= 0.6 is 0 Å². The second-order valence-electron chi connectivity index (χ2n) is 10.3. The SMILES string of the molecule is c1ccc(-n2c3ccccc3c3cc4c(ccc5c4c4ccccc4n5-c4ncc5ccccc5n4)cc32)cc1. The Hall–Kier alpha value is -5.48. The monoisotopic (exact) mass is 510 g/mol. The van der Waals surface area contributed by atoms with Gasteiger partial charge >= 0.3 is 0 Å². The minimum Gasteiger partial charge on any atom is -0.309 e. The van der Waals surface area contributed by atoms with E-state index in [1.165, 1.54) is 49.0 Å². The molecular weight excluding hydrogens is 488 g/mol. The second kappa shape index (κ2) is 8.01. The molecule has 0 atom stereocenters. The summed E-state index contributed by atoms with van der Waals surface area (Å²) in [7, 11) is 0. The van der Waals surface area contributed by atoms with E-state index in [2.05, 4.69) is 118 Å². The van der Waals surface area contributed by atoms with Crippen LogP contribution in [0.25, 0.3) is 76.9 Å². The van der Waals surface area contributed by atoms with Crippen molar-refractivity contribution < 1.29 is 0 Å². The minimum atomic E-state index is 0.686. The molecule has 0 saturated heterocycles. The highest BCUT2D eigenvalue weighted by atomic mass is 15.2. The van der Waals surface area contributed by atoms with Gasteiger partial charge in [-0.1, -0.05) is 78.9 Å². The molecule has 0 bridgehead atoms. The molecular formula is C36H22N4.